The van der Waals surface area contributed by atoms with Crippen molar-refractivity contribution >= 4 is 22.6 Å². The van der Waals surface area contributed by atoms with Gasteiger partial charge < -0.3 is 9.67 Å². The van der Waals surface area contributed by atoms with Gasteiger partial charge in [-0.15, -0.1) is 0 Å². The zero-order valence-corrected chi connectivity index (χ0v) is 10.2. The highest BCUT2D eigenvalue weighted by Gasteiger charge is 2.10. The molecule has 0 saturated carbocycles. The van der Waals surface area contributed by atoms with Gasteiger partial charge in [0.2, 0.25) is 0 Å². The van der Waals surface area contributed by atoms with E-state index in [1.807, 2.05) is 18.2 Å². The maximum absolute atomic E-state index is 9.48. The third-order valence-corrected chi connectivity index (χ3v) is 2.79. The Labute approximate surface area is 99.7 Å². The largest absolute Gasteiger partial charge is 0.392 e. The summed E-state index contributed by atoms with van der Waals surface area (Å²) >= 11 is 5.93. The van der Waals surface area contributed by atoms with Crippen LogP contribution in [0.25, 0.3) is 11.0 Å². The molecule has 1 aromatic heterocycles. The molecule has 0 fully saturated rings. The van der Waals surface area contributed by atoms with Crippen molar-refractivity contribution in [3.8, 4) is 0 Å². The summed E-state index contributed by atoms with van der Waals surface area (Å²) in [5.74, 6) is 0.984. The van der Waals surface area contributed by atoms with Gasteiger partial charge >= 0.3 is 0 Å². The molecule has 1 aromatic carbocycles. The molecule has 0 radical (unpaired) electrons. The molecule has 0 amide bonds. The van der Waals surface area contributed by atoms with E-state index in [2.05, 4.69) is 16.5 Å². The molecule has 16 heavy (non-hydrogen) atoms. The predicted molar refractivity (Wildman–Crippen MR) is 65.8 cm³/mol. The first-order valence-electron chi connectivity index (χ1n) is 5.44. The summed E-state index contributed by atoms with van der Waals surface area (Å²) < 4.78 is 2.05. The molecule has 1 heterocycles. The number of aryl methyl sites for hydroxylation is 1. The Morgan fingerprint density at radius 2 is 2.25 bits per heavy atom. The molecule has 0 aliphatic heterocycles. The van der Waals surface area contributed by atoms with Crippen molar-refractivity contribution in [3.05, 3.63) is 29.0 Å². The first-order chi connectivity index (χ1) is 7.61. The SMILES string of the molecule is CCc1nc2cc(Cl)ccc2n1CC(C)O. The molecule has 0 saturated heterocycles. The number of imidazole rings is 1. The van der Waals surface area contributed by atoms with E-state index >= 15 is 0 Å². The van der Waals surface area contributed by atoms with Gasteiger partial charge in [-0.3, -0.25) is 0 Å². The summed E-state index contributed by atoms with van der Waals surface area (Å²) in [6.45, 7) is 4.41. The lowest BCUT2D eigenvalue weighted by Crippen LogP contribution is -2.13. The molecular formula is C12H15ClN2O. The van der Waals surface area contributed by atoms with Gasteiger partial charge in [0.1, 0.15) is 5.82 Å². The number of hydrogen-bond donors (Lipinski definition) is 1. The molecule has 1 N–H and O–H groups in total. The highest BCUT2D eigenvalue weighted by atomic mass is 35.5. The van der Waals surface area contributed by atoms with Crippen LogP contribution >= 0.6 is 11.6 Å². The van der Waals surface area contributed by atoms with Crippen molar-refractivity contribution in [3.63, 3.8) is 0 Å². The standard InChI is InChI=1S/C12H15ClN2O/c1-3-12-14-10-6-9(13)4-5-11(10)15(12)7-8(2)16/h4-6,8,16H,3,7H2,1-2H3. The number of aromatic nitrogens is 2. The van der Waals surface area contributed by atoms with E-state index in [1.165, 1.54) is 0 Å². The zero-order chi connectivity index (χ0) is 11.7. The summed E-state index contributed by atoms with van der Waals surface area (Å²) in [5.41, 5.74) is 1.92. The number of benzene rings is 1. The molecule has 4 heteroatoms. The lowest BCUT2D eigenvalue weighted by molar-refractivity contribution is 0.174. The fourth-order valence-corrected chi connectivity index (χ4v) is 2.06. The van der Waals surface area contributed by atoms with Gasteiger partial charge in [-0.1, -0.05) is 18.5 Å². The minimum absolute atomic E-state index is 0.377. The highest BCUT2D eigenvalue weighted by Crippen LogP contribution is 2.21. The zero-order valence-electron chi connectivity index (χ0n) is 9.44. The van der Waals surface area contributed by atoms with Crippen molar-refractivity contribution in [1.82, 2.24) is 9.55 Å². The van der Waals surface area contributed by atoms with Gasteiger partial charge in [-0.25, -0.2) is 4.98 Å². The Bertz CT molecular complexity index is 505. The molecule has 2 aromatic rings. The second kappa shape index (κ2) is 4.44. The Balaban J connectivity index is 2.59. The molecule has 0 spiro atoms. The average Bonchev–Trinajstić information content (AvgIpc) is 2.55. The third kappa shape index (κ3) is 2.06. The molecule has 0 aliphatic carbocycles. The van der Waals surface area contributed by atoms with Crippen molar-refractivity contribution in [1.29, 1.82) is 0 Å². The molecule has 0 bridgehead atoms. The van der Waals surface area contributed by atoms with E-state index in [9.17, 15) is 5.11 Å². The van der Waals surface area contributed by atoms with E-state index in [-0.39, 0.29) is 6.10 Å². The van der Waals surface area contributed by atoms with Crippen LogP contribution in [0.5, 0.6) is 0 Å². The highest BCUT2D eigenvalue weighted by molar-refractivity contribution is 6.31. The fourth-order valence-electron chi connectivity index (χ4n) is 1.89. The monoisotopic (exact) mass is 238 g/mol. The van der Waals surface area contributed by atoms with Crippen molar-refractivity contribution in [2.45, 2.75) is 32.9 Å². The molecular weight excluding hydrogens is 224 g/mol. The summed E-state index contributed by atoms with van der Waals surface area (Å²) in [4.78, 5) is 4.51. The summed E-state index contributed by atoms with van der Waals surface area (Å²) in [5, 5.41) is 10.2. The molecule has 2 rings (SSSR count). The summed E-state index contributed by atoms with van der Waals surface area (Å²) in [7, 11) is 0. The first kappa shape index (κ1) is 11.4. The van der Waals surface area contributed by atoms with E-state index in [4.69, 9.17) is 11.6 Å². The van der Waals surface area contributed by atoms with Gasteiger partial charge in [-0.2, -0.15) is 0 Å². The van der Waals surface area contributed by atoms with Crippen LogP contribution in [0.2, 0.25) is 5.02 Å². The fraction of sp³-hybridized carbons (Fsp3) is 0.417. The quantitative estimate of drug-likeness (QED) is 0.893. The van der Waals surface area contributed by atoms with Crippen LogP contribution < -0.4 is 0 Å². The van der Waals surface area contributed by atoms with Crippen LogP contribution in [0, 0.1) is 0 Å². The summed E-state index contributed by atoms with van der Waals surface area (Å²) in [6.07, 6.45) is 0.470. The Morgan fingerprint density at radius 3 is 2.88 bits per heavy atom. The number of aliphatic hydroxyl groups excluding tert-OH is 1. The second-order valence-electron chi connectivity index (χ2n) is 3.97. The van der Waals surface area contributed by atoms with E-state index in [1.54, 1.807) is 6.92 Å². The van der Waals surface area contributed by atoms with Gasteiger partial charge in [0.15, 0.2) is 0 Å². The van der Waals surface area contributed by atoms with E-state index < -0.39 is 0 Å². The minimum atomic E-state index is -0.377. The van der Waals surface area contributed by atoms with Crippen LogP contribution in [0.3, 0.4) is 0 Å². The smallest absolute Gasteiger partial charge is 0.109 e. The Hall–Kier alpha value is -1.06. The Morgan fingerprint density at radius 1 is 1.50 bits per heavy atom. The van der Waals surface area contributed by atoms with Crippen LogP contribution in [0.15, 0.2) is 18.2 Å². The van der Waals surface area contributed by atoms with Crippen LogP contribution in [-0.4, -0.2) is 20.8 Å². The normalized spacial score (nSPS) is 13.2. The van der Waals surface area contributed by atoms with Crippen molar-refractivity contribution in [2.75, 3.05) is 0 Å². The number of fused-ring (bicyclic) bond motifs is 1. The van der Waals surface area contributed by atoms with Gasteiger partial charge in [0, 0.05) is 11.4 Å². The maximum atomic E-state index is 9.48. The Kier molecular flexibility index (Phi) is 3.17. The number of halogens is 1. The predicted octanol–water partition coefficient (Wildman–Crippen LogP) is 2.63. The van der Waals surface area contributed by atoms with E-state index in [0.717, 1.165) is 23.3 Å². The van der Waals surface area contributed by atoms with Gasteiger partial charge in [-0.05, 0) is 25.1 Å². The maximum Gasteiger partial charge on any atom is 0.109 e. The van der Waals surface area contributed by atoms with E-state index in [0.29, 0.717) is 11.6 Å². The first-order valence-corrected chi connectivity index (χ1v) is 5.82. The lowest BCUT2D eigenvalue weighted by Gasteiger charge is -2.09. The molecule has 0 aliphatic rings. The van der Waals surface area contributed by atoms with Crippen LogP contribution in [0.1, 0.15) is 19.7 Å². The third-order valence-electron chi connectivity index (χ3n) is 2.55. The molecule has 3 nitrogen and oxygen atoms in total. The van der Waals surface area contributed by atoms with Crippen molar-refractivity contribution in [2.24, 2.45) is 0 Å². The minimum Gasteiger partial charge on any atom is -0.392 e. The van der Waals surface area contributed by atoms with Crippen LogP contribution in [0.4, 0.5) is 0 Å². The number of nitrogens with zero attached hydrogens (tertiary/aromatic N) is 2. The van der Waals surface area contributed by atoms with Crippen LogP contribution in [-0.2, 0) is 13.0 Å². The number of rotatable bonds is 3. The number of hydrogen-bond acceptors (Lipinski definition) is 2. The average molecular weight is 239 g/mol. The summed E-state index contributed by atoms with van der Waals surface area (Å²) in [6, 6.07) is 5.66. The van der Waals surface area contributed by atoms with Gasteiger partial charge in [0.25, 0.3) is 0 Å². The lowest BCUT2D eigenvalue weighted by atomic mass is 10.3. The molecule has 1 unspecified atom stereocenters. The van der Waals surface area contributed by atoms with Gasteiger partial charge in [0.05, 0.1) is 23.7 Å². The van der Waals surface area contributed by atoms with Crippen molar-refractivity contribution < 1.29 is 5.11 Å². The topological polar surface area (TPSA) is 38.0 Å². The number of aliphatic hydroxyl groups is 1. The molecule has 1 atom stereocenters. The molecule has 86 valence electrons. The second-order valence-corrected chi connectivity index (χ2v) is 4.41.